The molecule has 20 heavy (non-hydrogen) atoms. The first-order chi connectivity index (χ1) is 9.61. The zero-order chi connectivity index (χ0) is 14.2. The van der Waals surface area contributed by atoms with Crippen LogP contribution in [-0.2, 0) is 15.9 Å². The molecule has 0 aliphatic carbocycles. The number of halogens is 1. The minimum absolute atomic E-state index is 0.0115. The molecule has 0 N–H and O–H groups in total. The van der Waals surface area contributed by atoms with Gasteiger partial charge in [-0.15, -0.1) is 11.6 Å². The van der Waals surface area contributed by atoms with E-state index in [1.54, 1.807) is 10.4 Å². The summed E-state index contributed by atoms with van der Waals surface area (Å²) in [6.45, 7) is 3.01. The van der Waals surface area contributed by atoms with Crippen molar-refractivity contribution in [1.82, 2.24) is 9.21 Å². The number of hydrogen-bond donors (Lipinski definition) is 0. The Bertz CT molecular complexity index is 572. The Kier molecular flexibility index (Phi) is 4.08. The third-order valence-electron chi connectivity index (χ3n) is 4.16. The van der Waals surface area contributed by atoms with E-state index in [9.17, 15) is 8.42 Å². The summed E-state index contributed by atoms with van der Waals surface area (Å²) in [4.78, 5) is 2.40. The summed E-state index contributed by atoms with van der Waals surface area (Å²) in [5.74, 6) is 0.674. The molecule has 7 heteroatoms. The van der Waals surface area contributed by atoms with Gasteiger partial charge in [-0.25, -0.2) is 8.42 Å². The van der Waals surface area contributed by atoms with Crippen LogP contribution in [0.15, 0.2) is 21.6 Å². The van der Waals surface area contributed by atoms with E-state index in [1.165, 1.54) is 18.9 Å². The summed E-state index contributed by atoms with van der Waals surface area (Å²) in [5, 5.41) is 0.0115. The molecular formula is C13H19ClN2O3S. The van der Waals surface area contributed by atoms with Crippen molar-refractivity contribution in [2.45, 2.75) is 36.3 Å². The van der Waals surface area contributed by atoms with Crippen LogP contribution < -0.4 is 0 Å². The zero-order valence-corrected chi connectivity index (χ0v) is 12.9. The first-order valence-electron chi connectivity index (χ1n) is 7.00. The smallest absolute Gasteiger partial charge is 0.276 e. The Balaban J connectivity index is 1.77. The van der Waals surface area contributed by atoms with Gasteiger partial charge in [-0.3, -0.25) is 4.90 Å². The lowest BCUT2D eigenvalue weighted by Crippen LogP contribution is -2.56. The monoisotopic (exact) mass is 318 g/mol. The molecule has 1 unspecified atom stereocenters. The largest absolute Gasteiger partial charge is 0.447 e. The molecule has 2 fully saturated rings. The van der Waals surface area contributed by atoms with Gasteiger partial charge in [0.15, 0.2) is 0 Å². The van der Waals surface area contributed by atoms with Gasteiger partial charge >= 0.3 is 0 Å². The maximum Gasteiger partial charge on any atom is 0.276 e. The fraction of sp³-hybridized carbons (Fsp3) is 0.692. The number of alkyl halides is 1. The number of fused-ring (bicyclic) bond motifs is 1. The topological polar surface area (TPSA) is 53.8 Å². The van der Waals surface area contributed by atoms with Gasteiger partial charge in [-0.05, 0) is 31.5 Å². The molecule has 0 amide bonds. The predicted molar refractivity (Wildman–Crippen MR) is 76.2 cm³/mol. The van der Waals surface area contributed by atoms with Crippen LogP contribution in [0.3, 0.4) is 0 Å². The van der Waals surface area contributed by atoms with Gasteiger partial charge in [0.25, 0.3) is 10.0 Å². The molecule has 1 aromatic rings. The molecule has 1 atom stereocenters. The fourth-order valence-corrected chi connectivity index (χ4v) is 4.58. The highest BCUT2D eigenvalue weighted by Crippen LogP contribution is 2.26. The van der Waals surface area contributed by atoms with Crippen molar-refractivity contribution < 1.29 is 12.8 Å². The average molecular weight is 319 g/mol. The summed E-state index contributed by atoms with van der Waals surface area (Å²) >= 11 is 5.66. The lowest BCUT2D eigenvalue weighted by molar-refractivity contribution is 0.0844. The molecule has 0 radical (unpaired) electrons. The minimum atomic E-state index is -3.52. The van der Waals surface area contributed by atoms with Crippen LogP contribution in [0, 0.1) is 0 Å². The second kappa shape index (κ2) is 5.67. The van der Waals surface area contributed by atoms with E-state index < -0.39 is 10.0 Å². The van der Waals surface area contributed by atoms with E-state index in [-0.39, 0.29) is 11.0 Å². The molecule has 2 aliphatic heterocycles. The Morgan fingerprint density at radius 2 is 2.10 bits per heavy atom. The fourth-order valence-electron chi connectivity index (χ4n) is 3.04. The highest BCUT2D eigenvalue weighted by Gasteiger charge is 2.36. The van der Waals surface area contributed by atoms with Crippen molar-refractivity contribution in [2.24, 2.45) is 0 Å². The molecular weight excluding hydrogens is 300 g/mol. The highest BCUT2D eigenvalue weighted by atomic mass is 35.5. The lowest BCUT2D eigenvalue weighted by Gasteiger charge is -2.43. The van der Waals surface area contributed by atoms with E-state index in [0.717, 1.165) is 19.5 Å². The van der Waals surface area contributed by atoms with Crippen molar-refractivity contribution in [2.75, 3.05) is 26.2 Å². The lowest BCUT2D eigenvalue weighted by atomic mass is 10.0. The van der Waals surface area contributed by atoms with Gasteiger partial charge in [0.1, 0.15) is 5.76 Å². The molecule has 2 aliphatic rings. The van der Waals surface area contributed by atoms with E-state index in [1.807, 2.05) is 0 Å². The SMILES string of the molecule is O=S(=O)(c1ccc(CCl)o1)N1CCN2CCCCC2C1. The van der Waals surface area contributed by atoms with Crippen molar-refractivity contribution >= 4 is 21.6 Å². The Labute approximate surface area is 124 Å². The molecule has 2 saturated heterocycles. The molecule has 1 aromatic heterocycles. The molecule has 3 rings (SSSR count). The maximum atomic E-state index is 12.6. The molecule has 0 bridgehead atoms. The second-order valence-electron chi connectivity index (χ2n) is 5.40. The number of rotatable bonds is 3. The Morgan fingerprint density at radius 1 is 1.25 bits per heavy atom. The van der Waals surface area contributed by atoms with Crippen molar-refractivity contribution in [3.05, 3.63) is 17.9 Å². The third-order valence-corrected chi connectivity index (χ3v) is 6.17. The van der Waals surface area contributed by atoms with E-state index in [0.29, 0.717) is 24.9 Å². The predicted octanol–water partition coefficient (Wildman–Crippen LogP) is 1.88. The molecule has 0 spiro atoms. The minimum Gasteiger partial charge on any atom is -0.447 e. The van der Waals surface area contributed by atoms with Crippen LogP contribution in [0.4, 0.5) is 0 Å². The zero-order valence-electron chi connectivity index (χ0n) is 11.3. The summed E-state index contributed by atoms with van der Waals surface area (Å²) in [6, 6.07) is 3.48. The van der Waals surface area contributed by atoms with Crippen molar-refractivity contribution in [3.8, 4) is 0 Å². The van der Waals surface area contributed by atoms with E-state index >= 15 is 0 Å². The molecule has 0 aromatic carbocycles. The number of hydrogen-bond acceptors (Lipinski definition) is 4. The molecule has 3 heterocycles. The highest BCUT2D eigenvalue weighted by molar-refractivity contribution is 7.89. The quantitative estimate of drug-likeness (QED) is 0.799. The average Bonchev–Trinajstić information content (AvgIpc) is 2.96. The molecule has 0 saturated carbocycles. The summed E-state index contributed by atoms with van der Waals surface area (Å²) in [6.07, 6.45) is 3.49. The van der Waals surface area contributed by atoms with Gasteiger partial charge in [0, 0.05) is 25.7 Å². The first kappa shape index (κ1) is 14.4. The van der Waals surface area contributed by atoms with Gasteiger partial charge in [-0.2, -0.15) is 4.31 Å². The van der Waals surface area contributed by atoms with Gasteiger partial charge in [0.05, 0.1) is 5.88 Å². The van der Waals surface area contributed by atoms with Gasteiger partial charge < -0.3 is 4.42 Å². The van der Waals surface area contributed by atoms with Crippen molar-refractivity contribution in [1.29, 1.82) is 0 Å². The summed E-state index contributed by atoms with van der Waals surface area (Å²) in [7, 11) is -3.52. The maximum absolute atomic E-state index is 12.6. The van der Waals surface area contributed by atoms with Gasteiger partial charge in [-0.1, -0.05) is 6.42 Å². The standard InChI is InChI=1S/C13H19ClN2O3S/c14-9-12-4-5-13(19-12)20(17,18)16-8-7-15-6-2-1-3-11(15)10-16/h4-5,11H,1-3,6-10H2. The normalized spacial score (nSPS) is 25.6. The van der Waals surface area contributed by atoms with Crippen LogP contribution >= 0.6 is 11.6 Å². The summed E-state index contributed by atoms with van der Waals surface area (Å²) < 4.78 is 32.0. The van der Waals surface area contributed by atoms with Crippen LogP contribution in [0.1, 0.15) is 25.0 Å². The number of piperazine rings is 1. The van der Waals surface area contributed by atoms with Gasteiger partial charge in [0.2, 0.25) is 5.09 Å². The Morgan fingerprint density at radius 3 is 2.85 bits per heavy atom. The Hall–Kier alpha value is -0.560. The van der Waals surface area contributed by atoms with Crippen LogP contribution in [0.5, 0.6) is 0 Å². The van der Waals surface area contributed by atoms with Crippen LogP contribution in [-0.4, -0.2) is 49.8 Å². The molecule has 5 nitrogen and oxygen atoms in total. The van der Waals surface area contributed by atoms with E-state index in [2.05, 4.69) is 4.90 Å². The second-order valence-corrected chi connectivity index (χ2v) is 7.54. The molecule has 112 valence electrons. The van der Waals surface area contributed by atoms with Crippen LogP contribution in [0.25, 0.3) is 0 Å². The number of sulfonamides is 1. The summed E-state index contributed by atoms with van der Waals surface area (Å²) in [5.41, 5.74) is 0. The van der Waals surface area contributed by atoms with E-state index in [4.69, 9.17) is 16.0 Å². The number of piperidine rings is 1. The van der Waals surface area contributed by atoms with Crippen molar-refractivity contribution in [3.63, 3.8) is 0 Å². The third kappa shape index (κ3) is 2.62. The van der Waals surface area contributed by atoms with Crippen LogP contribution in [0.2, 0.25) is 0 Å². The number of furan rings is 1. The number of nitrogens with zero attached hydrogens (tertiary/aromatic N) is 2. The first-order valence-corrected chi connectivity index (χ1v) is 8.97.